The van der Waals surface area contributed by atoms with Gasteiger partial charge in [0.15, 0.2) is 5.78 Å². The van der Waals surface area contributed by atoms with Gasteiger partial charge in [0.1, 0.15) is 0 Å². The molecule has 0 radical (unpaired) electrons. The summed E-state index contributed by atoms with van der Waals surface area (Å²) in [7, 11) is 0. The first kappa shape index (κ1) is 8.81. The topological polar surface area (TPSA) is 40.1 Å². The lowest BCUT2D eigenvalue weighted by molar-refractivity contribution is -0.274. The van der Waals surface area contributed by atoms with Gasteiger partial charge in [-0.3, -0.25) is 4.79 Å². The van der Waals surface area contributed by atoms with Gasteiger partial charge in [0.25, 0.3) is 0 Å². The van der Waals surface area contributed by atoms with Crippen LogP contribution in [0.2, 0.25) is 5.02 Å². The van der Waals surface area contributed by atoms with Crippen LogP contribution in [0.3, 0.4) is 0 Å². The molecule has 0 N–H and O–H groups in total. The number of ketones is 1. The summed E-state index contributed by atoms with van der Waals surface area (Å²) >= 11 is 5.60. The van der Waals surface area contributed by atoms with Gasteiger partial charge in [-0.25, -0.2) is 0 Å². The molecule has 0 aromatic heterocycles. The summed E-state index contributed by atoms with van der Waals surface area (Å²) in [5.41, 5.74) is 0.464. The standard InChI is InChI=1S/C9H7ClO2/c10-8-3-1-7(2-4-8)9(12)5-6-11/h1-6,11H/p-1/b6-5-. The van der Waals surface area contributed by atoms with E-state index >= 15 is 0 Å². The van der Waals surface area contributed by atoms with E-state index in [9.17, 15) is 9.90 Å². The Hall–Kier alpha value is -1.28. The third kappa shape index (κ3) is 2.10. The Balaban J connectivity index is 2.90. The predicted octanol–water partition coefficient (Wildman–Crippen LogP) is 1.40. The first-order chi connectivity index (χ1) is 5.74. The van der Waals surface area contributed by atoms with Gasteiger partial charge in [0.05, 0.1) is 0 Å². The van der Waals surface area contributed by atoms with E-state index in [2.05, 4.69) is 0 Å². The van der Waals surface area contributed by atoms with E-state index < -0.39 is 0 Å². The van der Waals surface area contributed by atoms with Crippen LogP contribution in [0, 0.1) is 0 Å². The average molecular weight is 182 g/mol. The number of carbonyl (C=O) groups excluding carboxylic acids is 1. The van der Waals surface area contributed by atoms with E-state index in [0.717, 1.165) is 6.08 Å². The van der Waals surface area contributed by atoms with E-state index in [4.69, 9.17) is 11.6 Å². The van der Waals surface area contributed by atoms with Crippen LogP contribution in [0.25, 0.3) is 0 Å². The smallest absolute Gasteiger partial charge is 0.184 e. The zero-order chi connectivity index (χ0) is 8.97. The molecule has 1 aromatic carbocycles. The normalized spacial score (nSPS) is 10.4. The number of carbonyl (C=O) groups is 1. The van der Waals surface area contributed by atoms with Gasteiger partial charge >= 0.3 is 0 Å². The van der Waals surface area contributed by atoms with Gasteiger partial charge in [-0.1, -0.05) is 11.6 Å². The highest BCUT2D eigenvalue weighted by molar-refractivity contribution is 6.30. The van der Waals surface area contributed by atoms with Crippen molar-refractivity contribution in [2.45, 2.75) is 0 Å². The molecule has 0 saturated heterocycles. The van der Waals surface area contributed by atoms with Crippen LogP contribution >= 0.6 is 11.6 Å². The van der Waals surface area contributed by atoms with E-state index in [1.165, 1.54) is 0 Å². The van der Waals surface area contributed by atoms with Gasteiger partial charge in [0.2, 0.25) is 0 Å². The SMILES string of the molecule is O=C(/C=C\[O-])c1ccc(Cl)cc1. The molecule has 0 aliphatic rings. The van der Waals surface area contributed by atoms with Crippen molar-refractivity contribution >= 4 is 17.4 Å². The summed E-state index contributed by atoms with van der Waals surface area (Å²) in [5.74, 6) is -0.304. The maximum atomic E-state index is 11.0. The second kappa shape index (κ2) is 3.93. The minimum Gasteiger partial charge on any atom is -0.878 e. The van der Waals surface area contributed by atoms with Crippen molar-refractivity contribution in [2.24, 2.45) is 0 Å². The van der Waals surface area contributed by atoms with Crippen LogP contribution in [0.15, 0.2) is 36.6 Å². The first-order valence-electron chi connectivity index (χ1n) is 3.32. The van der Waals surface area contributed by atoms with Gasteiger partial charge in [-0.05, 0) is 30.3 Å². The fourth-order valence-corrected chi connectivity index (χ4v) is 0.898. The van der Waals surface area contributed by atoms with Gasteiger partial charge in [-0.2, -0.15) is 0 Å². The molecule has 0 amide bonds. The number of hydrogen-bond acceptors (Lipinski definition) is 2. The molecule has 2 nitrogen and oxygen atoms in total. The first-order valence-corrected chi connectivity index (χ1v) is 3.70. The average Bonchev–Trinajstić information content (AvgIpc) is 2.06. The van der Waals surface area contributed by atoms with Crippen LogP contribution in [-0.4, -0.2) is 5.78 Å². The second-order valence-electron chi connectivity index (χ2n) is 2.17. The summed E-state index contributed by atoms with van der Waals surface area (Å²) in [6.45, 7) is 0. The number of allylic oxidation sites excluding steroid dienone is 1. The Morgan fingerprint density at radius 3 is 2.42 bits per heavy atom. The molecule has 1 rings (SSSR count). The summed E-state index contributed by atoms with van der Waals surface area (Å²) in [5, 5.41) is 10.5. The monoisotopic (exact) mass is 181 g/mol. The van der Waals surface area contributed by atoms with Crippen LogP contribution in [0.5, 0.6) is 0 Å². The maximum Gasteiger partial charge on any atom is 0.184 e. The summed E-state index contributed by atoms with van der Waals surface area (Å²) in [4.78, 5) is 11.0. The molecule has 0 aliphatic heterocycles. The molecule has 12 heavy (non-hydrogen) atoms. The summed E-state index contributed by atoms with van der Waals surface area (Å²) in [6, 6.07) is 6.36. The zero-order valence-corrected chi connectivity index (χ0v) is 6.91. The number of halogens is 1. The Morgan fingerprint density at radius 2 is 1.92 bits per heavy atom. The summed E-state index contributed by atoms with van der Waals surface area (Å²) in [6.07, 6.45) is 1.44. The third-order valence-corrected chi connectivity index (χ3v) is 1.60. The fraction of sp³-hybridized carbons (Fsp3) is 0. The lowest BCUT2D eigenvalue weighted by Gasteiger charge is -1.96. The molecule has 0 aliphatic carbocycles. The molecule has 0 unspecified atom stereocenters. The van der Waals surface area contributed by atoms with Crippen LogP contribution in [-0.2, 0) is 0 Å². The van der Waals surface area contributed by atoms with Gasteiger partial charge in [-0.15, -0.1) is 6.26 Å². The fourth-order valence-electron chi connectivity index (χ4n) is 0.772. The number of benzene rings is 1. The van der Waals surface area contributed by atoms with Crippen LogP contribution < -0.4 is 5.11 Å². The molecule has 1 aromatic rings. The van der Waals surface area contributed by atoms with E-state index in [0.29, 0.717) is 16.8 Å². The maximum absolute atomic E-state index is 11.0. The predicted molar refractivity (Wildman–Crippen MR) is 44.9 cm³/mol. The van der Waals surface area contributed by atoms with E-state index in [1.807, 2.05) is 0 Å². The Morgan fingerprint density at radius 1 is 1.33 bits per heavy atom. The molecule has 62 valence electrons. The largest absolute Gasteiger partial charge is 0.878 e. The van der Waals surface area contributed by atoms with Crippen LogP contribution in [0.4, 0.5) is 0 Å². The summed E-state index contributed by atoms with van der Waals surface area (Å²) < 4.78 is 0. The van der Waals surface area contributed by atoms with Crippen molar-refractivity contribution < 1.29 is 9.90 Å². The van der Waals surface area contributed by atoms with E-state index in [-0.39, 0.29) is 5.78 Å². The molecule has 3 heteroatoms. The molecular weight excluding hydrogens is 176 g/mol. The van der Waals surface area contributed by atoms with Crippen molar-refractivity contribution in [3.8, 4) is 0 Å². The van der Waals surface area contributed by atoms with Gasteiger partial charge < -0.3 is 5.11 Å². The molecule has 0 heterocycles. The zero-order valence-electron chi connectivity index (χ0n) is 6.16. The third-order valence-electron chi connectivity index (χ3n) is 1.35. The number of rotatable bonds is 2. The molecule has 0 saturated carbocycles. The quantitative estimate of drug-likeness (QED) is 0.393. The Labute approximate surface area is 75.1 Å². The lowest BCUT2D eigenvalue weighted by Crippen LogP contribution is -1.96. The lowest BCUT2D eigenvalue weighted by atomic mass is 10.1. The van der Waals surface area contributed by atoms with Crippen molar-refractivity contribution in [2.75, 3.05) is 0 Å². The molecule has 0 atom stereocenters. The Bertz CT molecular complexity index is 301. The van der Waals surface area contributed by atoms with Crippen molar-refractivity contribution in [3.63, 3.8) is 0 Å². The molecule has 0 fully saturated rings. The van der Waals surface area contributed by atoms with Crippen molar-refractivity contribution in [1.82, 2.24) is 0 Å². The van der Waals surface area contributed by atoms with Gasteiger partial charge in [0, 0.05) is 10.6 Å². The highest BCUT2D eigenvalue weighted by Crippen LogP contribution is 2.09. The Kier molecular flexibility index (Phi) is 2.88. The van der Waals surface area contributed by atoms with E-state index in [1.54, 1.807) is 24.3 Å². The van der Waals surface area contributed by atoms with Crippen molar-refractivity contribution in [3.05, 3.63) is 47.2 Å². The minimum atomic E-state index is -0.304. The highest BCUT2D eigenvalue weighted by Gasteiger charge is 1.98. The molecule has 0 spiro atoms. The number of hydrogen-bond donors (Lipinski definition) is 0. The molecular formula is C9H6ClO2-. The van der Waals surface area contributed by atoms with Crippen LogP contribution in [0.1, 0.15) is 10.4 Å². The minimum absolute atomic E-state index is 0.304. The van der Waals surface area contributed by atoms with Crippen molar-refractivity contribution in [1.29, 1.82) is 0 Å². The second-order valence-corrected chi connectivity index (χ2v) is 2.61. The molecule has 0 bridgehead atoms. The highest BCUT2D eigenvalue weighted by atomic mass is 35.5.